The molecule has 2 aliphatic heterocycles. The fourth-order valence-corrected chi connectivity index (χ4v) is 4.84. The van der Waals surface area contributed by atoms with Crippen molar-refractivity contribution in [3.8, 4) is 0 Å². The Balaban J connectivity index is 1.71. The zero-order valence-electron chi connectivity index (χ0n) is 14.4. The van der Waals surface area contributed by atoms with Crippen LogP contribution >= 0.6 is 0 Å². The Labute approximate surface area is 144 Å². The predicted octanol–water partition coefficient (Wildman–Crippen LogP) is 0.868. The lowest BCUT2D eigenvalue weighted by Crippen LogP contribution is -2.54. The average Bonchev–Trinajstić information content (AvgIpc) is 2.62. The van der Waals surface area contributed by atoms with Gasteiger partial charge in [-0.1, -0.05) is 6.07 Å². The first-order chi connectivity index (χ1) is 11.5. The molecule has 1 atom stereocenters. The lowest BCUT2D eigenvalue weighted by molar-refractivity contribution is 0.0696. The normalized spacial score (nSPS) is 23.6. The molecule has 0 spiro atoms. The van der Waals surface area contributed by atoms with Gasteiger partial charge in [-0.3, -0.25) is 0 Å². The number of anilines is 1. The molecule has 0 radical (unpaired) electrons. The molecule has 8 heteroatoms. The summed E-state index contributed by atoms with van der Waals surface area (Å²) in [5, 5.41) is 0. The molecule has 0 amide bonds. The number of morpholine rings is 1. The van der Waals surface area contributed by atoms with Gasteiger partial charge in [-0.15, -0.1) is 0 Å². The number of hydrogen-bond donors (Lipinski definition) is 0. The monoisotopic (exact) mass is 354 g/mol. The van der Waals surface area contributed by atoms with Crippen molar-refractivity contribution in [2.75, 3.05) is 51.3 Å². The summed E-state index contributed by atoms with van der Waals surface area (Å²) in [5.41, 5.74) is 0.976. The molecule has 24 heavy (non-hydrogen) atoms. The topological polar surface area (TPSA) is 66.0 Å². The second kappa shape index (κ2) is 7.35. The fraction of sp³-hybridized carbons (Fsp3) is 0.688. The average molecular weight is 354 g/mol. The molecule has 1 unspecified atom stereocenters. The summed E-state index contributed by atoms with van der Waals surface area (Å²) in [5.74, 6) is 0.928. The molecule has 7 nitrogen and oxygen atoms in total. The molecule has 134 valence electrons. The maximum atomic E-state index is 12.8. The number of nitrogens with zero attached hydrogens (tertiary/aromatic N) is 4. The van der Waals surface area contributed by atoms with Crippen LogP contribution in [0.3, 0.4) is 0 Å². The third-order valence-electron chi connectivity index (χ3n) is 4.77. The lowest BCUT2D eigenvalue weighted by Gasteiger charge is -2.39. The van der Waals surface area contributed by atoms with Crippen molar-refractivity contribution < 1.29 is 13.2 Å². The number of piperidine rings is 1. The molecule has 0 saturated carbocycles. The van der Waals surface area contributed by atoms with Gasteiger partial charge in [0.1, 0.15) is 5.82 Å². The van der Waals surface area contributed by atoms with Crippen molar-refractivity contribution in [2.24, 2.45) is 0 Å². The summed E-state index contributed by atoms with van der Waals surface area (Å²) in [6, 6.07) is 5.93. The molecule has 2 fully saturated rings. The molecular formula is C16H26N4O3S. The van der Waals surface area contributed by atoms with Crippen LogP contribution in [0.15, 0.2) is 18.2 Å². The third kappa shape index (κ3) is 3.72. The molecule has 3 heterocycles. The molecular weight excluding hydrogens is 328 g/mol. The van der Waals surface area contributed by atoms with Crippen molar-refractivity contribution in [2.45, 2.75) is 25.8 Å². The van der Waals surface area contributed by atoms with Crippen molar-refractivity contribution in [1.29, 1.82) is 0 Å². The second-order valence-electron chi connectivity index (χ2n) is 6.41. The van der Waals surface area contributed by atoms with E-state index in [0.29, 0.717) is 32.8 Å². The van der Waals surface area contributed by atoms with Crippen LogP contribution in [0.25, 0.3) is 0 Å². The Morgan fingerprint density at radius 1 is 1.25 bits per heavy atom. The number of rotatable bonds is 4. The Morgan fingerprint density at radius 3 is 2.71 bits per heavy atom. The first-order valence-electron chi connectivity index (χ1n) is 8.48. The van der Waals surface area contributed by atoms with Gasteiger partial charge in [-0.2, -0.15) is 17.0 Å². The largest absolute Gasteiger partial charge is 0.379 e. The van der Waals surface area contributed by atoms with Gasteiger partial charge in [0.25, 0.3) is 10.2 Å². The van der Waals surface area contributed by atoms with E-state index in [1.165, 1.54) is 4.31 Å². The van der Waals surface area contributed by atoms with Gasteiger partial charge >= 0.3 is 0 Å². The predicted molar refractivity (Wildman–Crippen MR) is 93.3 cm³/mol. The summed E-state index contributed by atoms with van der Waals surface area (Å²) in [6.45, 7) is 5.37. The van der Waals surface area contributed by atoms with E-state index in [4.69, 9.17) is 4.74 Å². The third-order valence-corrected chi connectivity index (χ3v) is 6.81. The Kier molecular flexibility index (Phi) is 5.39. The molecule has 1 aromatic rings. The molecule has 0 aromatic carbocycles. The smallest absolute Gasteiger partial charge is 0.282 e. The van der Waals surface area contributed by atoms with Gasteiger partial charge in [0.05, 0.1) is 13.2 Å². The van der Waals surface area contributed by atoms with Gasteiger partial charge in [-0.05, 0) is 31.9 Å². The standard InChI is InChI=1S/C16H26N4O3S/c1-14-5-3-7-16(17-14)19-8-4-6-15(13-19)18(2)24(21,22)20-9-11-23-12-10-20/h3,5,7,15H,4,6,8-13H2,1-2H3. The van der Waals surface area contributed by atoms with Crippen LogP contribution in [0, 0.1) is 6.92 Å². The quantitative estimate of drug-likeness (QED) is 0.803. The van der Waals surface area contributed by atoms with Gasteiger partial charge in [-0.25, -0.2) is 4.98 Å². The Morgan fingerprint density at radius 2 is 2.00 bits per heavy atom. The van der Waals surface area contributed by atoms with E-state index in [-0.39, 0.29) is 6.04 Å². The maximum Gasteiger partial charge on any atom is 0.282 e. The Hall–Kier alpha value is -1.22. The number of aromatic nitrogens is 1. The number of hydrogen-bond acceptors (Lipinski definition) is 5. The first-order valence-corrected chi connectivity index (χ1v) is 9.87. The first kappa shape index (κ1) is 17.6. The molecule has 3 rings (SSSR count). The van der Waals surface area contributed by atoms with Crippen LogP contribution in [-0.2, 0) is 14.9 Å². The number of likely N-dealkylation sites (N-methyl/N-ethyl adjacent to an activating group) is 1. The van der Waals surface area contributed by atoms with E-state index in [2.05, 4.69) is 9.88 Å². The minimum atomic E-state index is -3.44. The second-order valence-corrected chi connectivity index (χ2v) is 8.40. The number of pyridine rings is 1. The zero-order chi connectivity index (χ0) is 17.2. The van der Waals surface area contributed by atoms with Gasteiger partial charge in [0.2, 0.25) is 0 Å². The molecule has 0 N–H and O–H groups in total. The highest BCUT2D eigenvalue weighted by molar-refractivity contribution is 7.86. The van der Waals surface area contributed by atoms with E-state index in [1.54, 1.807) is 11.4 Å². The van der Waals surface area contributed by atoms with Crippen LogP contribution in [0.1, 0.15) is 18.5 Å². The summed E-state index contributed by atoms with van der Waals surface area (Å²) in [7, 11) is -1.74. The fourth-order valence-electron chi connectivity index (χ4n) is 3.31. The number of aryl methyl sites for hydroxylation is 1. The summed E-state index contributed by atoms with van der Waals surface area (Å²) < 4.78 is 34.0. The van der Waals surface area contributed by atoms with E-state index in [0.717, 1.165) is 30.9 Å². The van der Waals surface area contributed by atoms with Crippen molar-refractivity contribution in [3.05, 3.63) is 23.9 Å². The van der Waals surface area contributed by atoms with E-state index < -0.39 is 10.2 Å². The summed E-state index contributed by atoms with van der Waals surface area (Å²) in [6.07, 6.45) is 1.84. The van der Waals surface area contributed by atoms with Crippen LogP contribution in [0.5, 0.6) is 0 Å². The molecule has 0 aliphatic carbocycles. The minimum absolute atomic E-state index is 0.0334. The zero-order valence-corrected chi connectivity index (χ0v) is 15.2. The summed E-state index contributed by atoms with van der Waals surface area (Å²) >= 11 is 0. The molecule has 0 bridgehead atoms. The minimum Gasteiger partial charge on any atom is -0.379 e. The Bertz CT molecular complexity index is 661. The lowest BCUT2D eigenvalue weighted by atomic mass is 10.1. The van der Waals surface area contributed by atoms with Crippen LogP contribution < -0.4 is 4.90 Å². The SMILES string of the molecule is Cc1cccc(N2CCCC(N(C)S(=O)(=O)N3CCOCC3)C2)n1. The van der Waals surface area contributed by atoms with Crippen molar-refractivity contribution in [3.63, 3.8) is 0 Å². The van der Waals surface area contributed by atoms with E-state index in [9.17, 15) is 8.42 Å². The van der Waals surface area contributed by atoms with Crippen molar-refractivity contribution >= 4 is 16.0 Å². The van der Waals surface area contributed by atoms with Gasteiger partial charge in [0.15, 0.2) is 0 Å². The van der Waals surface area contributed by atoms with Crippen LogP contribution in [-0.4, -0.2) is 74.5 Å². The van der Waals surface area contributed by atoms with Gasteiger partial charge in [0, 0.05) is 45.0 Å². The van der Waals surface area contributed by atoms with E-state index >= 15 is 0 Å². The van der Waals surface area contributed by atoms with Crippen LogP contribution in [0.4, 0.5) is 5.82 Å². The van der Waals surface area contributed by atoms with E-state index in [1.807, 2.05) is 25.1 Å². The molecule has 1 aromatic heterocycles. The van der Waals surface area contributed by atoms with Gasteiger partial charge < -0.3 is 9.64 Å². The molecule has 2 saturated heterocycles. The maximum absolute atomic E-state index is 12.8. The highest BCUT2D eigenvalue weighted by atomic mass is 32.2. The number of ether oxygens (including phenoxy) is 1. The van der Waals surface area contributed by atoms with Crippen molar-refractivity contribution in [1.82, 2.24) is 13.6 Å². The van der Waals surface area contributed by atoms with Crippen LogP contribution in [0.2, 0.25) is 0 Å². The summed E-state index contributed by atoms with van der Waals surface area (Å²) in [4.78, 5) is 6.76. The molecule has 2 aliphatic rings. The highest BCUT2D eigenvalue weighted by Gasteiger charge is 2.35. The highest BCUT2D eigenvalue weighted by Crippen LogP contribution is 2.23.